The van der Waals surface area contributed by atoms with Gasteiger partial charge in [0.1, 0.15) is 12.4 Å². The van der Waals surface area contributed by atoms with E-state index in [-0.39, 0.29) is 91.5 Å². The number of likely N-dealkylation sites (tertiary alicyclic amines) is 1. The minimum absolute atomic E-state index is 0.00533. The van der Waals surface area contributed by atoms with E-state index in [4.69, 9.17) is 14.3 Å². The van der Waals surface area contributed by atoms with Crippen LogP contribution in [-0.4, -0.2) is 134 Å². The first kappa shape index (κ1) is 48.1. The fraction of sp³-hybridized carbons (Fsp3) is 0.750. The highest BCUT2D eigenvalue weighted by Crippen LogP contribution is 2.32. The van der Waals surface area contributed by atoms with Crippen molar-refractivity contribution in [3.8, 4) is 0 Å². The summed E-state index contributed by atoms with van der Waals surface area (Å²) in [5.74, 6) is -2.67. The van der Waals surface area contributed by atoms with Crippen LogP contribution >= 0.6 is 0 Å². The number of likely N-dealkylation sites (N-methyl/N-ethyl adjacent to an activating group) is 2. The SMILES string of the molecule is CC[C@H](C)[C@@H]([C@@H](CC(=O)N1CCC[C@H]1[C@H](OC)[C@@H](C)C(=O)C[C@@H](Cc1ccccc1)C(=O)N1CC(O)CO1)OC)N(C)C(=O)[C@@H](CC(=O)[C@@H](NC)C(C)C)C(C)C. The van der Waals surface area contributed by atoms with E-state index in [0.717, 1.165) is 18.4 Å². The number of hydrogen-bond donors (Lipinski definition) is 2. The number of hydrogen-bond acceptors (Lipinski definition) is 10. The van der Waals surface area contributed by atoms with Gasteiger partial charge >= 0.3 is 0 Å². The number of aliphatic hydroxyl groups is 1. The Balaban J connectivity index is 1.79. The summed E-state index contributed by atoms with van der Waals surface area (Å²) in [5, 5.41) is 14.3. The lowest BCUT2D eigenvalue weighted by molar-refractivity contribution is -0.174. The minimum atomic E-state index is -0.780. The maximum absolute atomic E-state index is 14.3. The molecule has 0 aromatic heterocycles. The van der Waals surface area contributed by atoms with Gasteiger partial charge in [-0.05, 0) is 49.6 Å². The number of Topliss-reactive ketones (excluding diaryl/α,β-unsaturated/α-hetero) is 2. The summed E-state index contributed by atoms with van der Waals surface area (Å²) in [6, 6.07) is 8.34. The fourth-order valence-electron chi connectivity index (χ4n) is 8.82. The van der Waals surface area contributed by atoms with Gasteiger partial charge in [-0.25, -0.2) is 5.06 Å². The molecule has 13 heteroatoms. The Kier molecular flexibility index (Phi) is 19.3. The van der Waals surface area contributed by atoms with Crippen molar-refractivity contribution in [1.82, 2.24) is 20.2 Å². The Labute approximate surface area is 341 Å². The average Bonchev–Trinajstić information content (AvgIpc) is 3.85. The zero-order valence-electron chi connectivity index (χ0n) is 36.4. The van der Waals surface area contributed by atoms with Crippen molar-refractivity contribution in [3.05, 3.63) is 35.9 Å². The van der Waals surface area contributed by atoms with Gasteiger partial charge in [0.15, 0.2) is 5.78 Å². The van der Waals surface area contributed by atoms with Gasteiger partial charge < -0.3 is 29.7 Å². The summed E-state index contributed by atoms with van der Waals surface area (Å²) in [6.07, 6.45) is 0.524. The average molecular weight is 801 g/mol. The van der Waals surface area contributed by atoms with Crippen molar-refractivity contribution in [3.63, 3.8) is 0 Å². The van der Waals surface area contributed by atoms with Crippen molar-refractivity contribution < 1.29 is 43.4 Å². The maximum atomic E-state index is 14.3. The number of aliphatic hydroxyl groups excluding tert-OH is 1. The molecule has 0 radical (unpaired) electrons. The number of hydroxylamine groups is 2. The quantitative estimate of drug-likeness (QED) is 0.164. The van der Waals surface area contributed by atoms with E-state index in [1.807, 2.05) is 65.0 Å². The monoisotopic (exact) mass is 801 g/mol. The lowest BCUT2D eigenvalue weighted by Crippen LogP contribution is -2.54. The second-order valence-electron chi connectivity index (χ2n) is 17.0. The molecule has 322 valence electrons. The first-order chi connectivity index (χ1) is 27.0. The van der Waals surface area contributed by atoms with E-state index < -0.39 is 42.1 Å². The zero-order chi connectivity index (χ0) is 42.6. The predicted molar refractivity (Wildman–Crippen MR) is 219 cm³/mol. The first-order valence-corrected chi connectivity index (χ1v) is 21.0. The molecule has 1 unspecified atom stereocenters. The molecule has 1 aromatic carbocycles. The molecule has 3 amide bonds. The molecule has 10 atom stereocenters. The molecule has 13 nitrogen and oxygen atoms in total. The lowest BCUT2D eigenvalue weighted by atomic mass is 9.84. The Hall–Kier alpha value is -3.23. The lowest BCUT2D eigenvalue weighted by Gasteiger charge is -2.41. The van der Waals surface area contributed by atoms with Gasteiger partial charge in [0.25, 0.3) is 0 Å². The van der Waals surface area contributed by atoms with E-state index >= 15 is 0 Å². The van der Waals surface area contributed by atoms with Gasteiger partial charge in [-0.15, -0.1) is 0 Å². The summed E-state index contributed by atoms with van der Waals surface area (Å²) >= 11 is 0. The van der Waals surface area contributed by atoms with E-state index in [0.29, 0.717) is 19.4 Å². The van der Waals surface area contributed by atoms with Crippen molar-refractivity contribution in [2.75, 3.05) is 48.0 Å². The number of β-amino-alcohol motifs (C(OH)–C–C–N with tert-alkyl or cyclic N) is 1. The molecule has 1 aromatic rings. The van der Waals surface area contributed by atoms with Gasteiger partial charge in [-0.2, -0.15) is 0 Å². The second-order valence-corrected chi connectivity index (χ2v) is 17.0. The zero-order valence-corrected chi connectivity index (χ0v) is 36.4. The number of nitrogens with one attached hydrogen (secondary N) is 1. The number of nitrogens with zero attached hydrogens (tertiary/aromatic N) is 3. The van der Waals surface area contributed by atoms with E-state index in [2.05, 4.69) is 12.2 Å². The number of carbonyl (C=O) groups is 5. The molecule has 2 heterocycles. The largest absolute Gasteiger partial charge is 0.389 e. The molecular formula is C44H72N4O9. The number of amides is 3. The maximum Gasteiger partial charge on any atom is 0.250 e. The number of ketones is 2. The van der Waals surface area contributed by atoms with E-state index in [9.17, 15) is 29.1 Å². The molecule has 3 rings (SSSR count). The molecule has 0 aliphatic carbocycles. The van der Waals surface area contributed by atoms with Crippen LogP contribution in [0.15, 0.2) is 30.3 Å². The smallest absolute Gasteiger partial charge is 0.250 e. The normalized spacial score (nSPS) is 21.5. The number of carbonyl (C=O) groups excluding carboxylic acids is 5. The van der Waals surface area contributed by atoms with Crippen molar-refractivity contribution in [2.45, 2.75) is 130 Å². The number of methoxy groups -OCH3 is 2. The highest BCUT2D eigenvalue weighted by molar-refractivity contribution is 5.90. The second kappa shape index (κ2) is 22.8. The summed E-state index contributed by atoms with van der Waals surface area (Å²) < 4.78 is 12.1. The van der Waals surface area contributed by atoms with Crippen LogP contribution in [0.2, 0.25) is 0 Å². The number of ether oxygens (including phenoxy) is 2. The van der Waals surface area contributed by atoms with Crippen LogP contribution < -0.4 is 5.32 Å². The summed E-state index contributed by atoms with van der Waals surface area (Å²) in [4.78, 5) is 78.6. The first-order valence-electron chi connectivity index (χ1n) is 21.0. The third kappa shape index (κ3) is 12.6. The molecule has 2 saturated heterocycles. The molecule has 57 heavy (non-hydrogen) atoms. The standard InChI is InChI=1S/C44H72N4O9/c1-12-29(6)41(46(9)44(54)34(27(2)3)23-37(51)40(45-8)28(4)5)38(55-10)24-39(52)47-20-16-19-35(47)42(56-11)30(7)36(50)22-32(21-31-17-14-13-15-18-31)43(53)48-25-33(49)26-57-48/h13-15,17-18,27-30,32-35,38,40-42,45,49H,12,16,19-26H2,1-11H3/t29-,30-,32+,33?,34-,35-,38+,40-,41-,42+/m0/s1. The van der Waals surface area contributed by atoms with Crippen LogP contribution in [-0.2, 0) is 44.7 Å². The number of benzene rings is 1. The molecule has 2 aliphatic rings. The third-order valence-corrected chi connectivity index (χ3v) is 12.4. The Morgan fingerprint density at radius 1 is 0.947 bits per heavy atom. The summed E-state index contributed by atoms with van der Waals surface area (Å²) in [5.41, 5.74) is 0.907. The van der Waals surface area contributed by atoms with E-state index in [1.165, 1.54) is 5.06 Å². The number of rotatable bonds is 23. The van der Waals surface area contributed by atoms with Crippen molar-refractivity contribution in [2.24, 2.45) is 35.5 Å². The van der Waals surface area contributed by atoms with Gasteiger partial charge in [-0.1, -0.05) is 85.2 Å². The fourth-order valence-corrected chi connectivity index (χ4v) is 8.82. The topological polar surface area (TPSA) is 155 Å². The van der Waals surface area contributed by atoms with Gasteiger partial charge in [0.2, 0.25) is 17.7 Å². The van der Waals surface area contributed by atoms with Gasteiger partial charge in [-0.3, -0.25) is 28.8 Å². The van der Waals surface area contributed by atoms with Crippen molar-refractivity contribution >= 4 is 29.3 Å². The van der Waals surface area contributed by atoms with Crippen LogP contribution in [0, 0.1) is 35.5 Å². The molecule has 2 fully saturated rings. The Morgan fingerprint density at radius 3 is 2.14 bits per heavy atom. The Bertz CT molecular complexity index is 1460. The third-order valence-electron chi connectivity index (χ3n) is 12.4. The summed E-state index contributed by atoms with van der Waals surface area (Å²) in [7, 11) is 6.64. The highest BCUT2D eigenvalue weighted by Gasteiger charge is 2.44. The summed E-state index contributed by atoms with van der Waals surface area (Å²) in [6.45, 7) is 14.4. The predicted octanol–water partition coefficient (Wildman–Crippen LogP) is 4.33. The van der Waals surface area contributed by atoms with Crippen LogP contribution in [0.5, 0.6) is 0 Å². The van der Waals surface area contributed by atoms with Crippen LogP contribution in [0.3, 0.4) is 0 Å². The van der Waals surface area contributed by atoms with Gasteiger partial charge in [0, 0.05) is 52.5 Å². The molecule has 0 spiro atoms. The highest BCUT2D eigenvalue weighted by atomic mass is 16.7. The molecule has 2 N–H and O–H groups in total. The van der Waals surface area contributed by atoms with Crippen molar-refractivity contribution in [1.29, 1.82) is 0 Å². The van der Waals surface area contributed by atoms with Crippen LogP contribution in [0.1, 0.15) is 92.6 Å². The van der Waals surface area contributed by atoms with Crippen LogP contribution in [0.4, 0.5) is 0 Å². The molecule has 0 saturated carbocycles. The van der Waals surface area contributed by atoms with Gasteiger partial charge in [0.05, 0.1) is 55.3 Å². The molecular weight excluding hydrogens is 729 g/mol. The minimum Gasteiger partial charge on any atom is -0.389 e. The molecule has 0 bridgehead atoms. The van der Waals surface area contributed by atoms with Crippen LogP contribution in [0.25, 0.3) is 0 Å². The van der Waals surface area contributed by atoms with E-state index in [1.54, 1.807) is 45.0 Å². The Morgan fingerprint density at radius 2 is 1.61 bits per heavy atom. The molecule has 2 aliphatic heterocycles.